The molecule has 0 atom stereocenters. The molecular weight excluding hydrogens is 338 g/mol. The first kappa shape index (κ1) is 19.5. The predicted octanol–water partition coefficient (Wildman–Crippen LogP) is 2.29. The maximum atomic E-state index is 11.8. The number of hydrogen-bond acceptors (Lipinski definition) is 5. The molecule has 0 saturated carbocycles. The van der Waals surface area contributed by atoms with Crippen LogP contribution in [0.5, 0.6) is 0 Å². The molecule has 2 rings (SSSR count). The van der Waals surface area contributed by atoms with Gasteiger partial charge in [0.15, 0.2) is 5.96 Å². The van der Waals surface area contributed by atoms with Gasteiger partial charge < -0.3 is 19.9 Å². The van der Waals surface area contributed by atoms with Gasteiger partial charge in [-0.25, -0.2) is 9.78 Å². The number of nitrogens with one attached hydrogen (secondary N) is 1. The van der Waals surface area contributed by atoms with E-state index in [1.165, 1.54) is 0 Å². The fraction of sp³-hybridized carbons (Fsp3) is 0.706. The first-order chi connectivity index (χ1) is 11.8. The van der Waals surface area contributed by atoms with E-state index in [1.807, 2.05) is 6.92 Å². The van der Waals surface area contributed by atoms with Gasteiger partial charge in [-0.1, -0.05) is 20.8 Å². The van der Waals surface area contributed by atoms with Crippen LogP contribution in [0.4, 0.5) is 4.79 Å². The van der Waals surface area contributed by atoms with Gasteiger partial charge >= 0.3 is 6.09 Å². The van der Waals surface area contributed by atoms with Crippen molar-refractivity contribution in [2.24, 2.45) is 4.99 Å². The lowest BCUT2D eigenvalue weighted by Gasteiger charge is -2.35. The molecule has 0 aromatic carbocycles. The average Bonchev–Trinajstić information content (AvgIpc) is 3.05. The SMILES string of the molecule is CCOC(=O)N1CCN(C(=NC)NCc2nc(C(C)(C)C)cs2)CC1. The molecule has 7 nitrogen and oxygen atoms in total. The highest BCUT2D eigenvalue weighted by Gasteiger charge is 2.24. The summed E-state index contributed by atoms with van der Waals surface area (Å²) in [5, 5.41) is 6.55. The number of carbonyl (C=O) groups is 1. The monoisotopic (exact) mass is 367 g/mol. The van der Waals surface area contributed by atoms with Crippen molar-refractivity contribution in [1.29, 1.82) is 0 Å². The second kappa shape index (κ2) is 8.51. The number of aromatic nitrogens is 1. The van der Waals surface area contributed by atoms with Gasteiger partial charge in [0.05, 0.1) is 18.8 Å². The normalized spacial score (nSPS) is 16.1. The molecule has 1 aliphatic heterocycles. The van der Waals surface area contributed by atoms with Crippen molar-refractivity contribution in [2.75, 3.05) is 39.8 Å². The fourth-order valence-electron chi connectivity index (χ4n) is 2.54. The number of piperazine rings is 1. The molecule has 1 N–H and O–H groups in total. The molecule has 0 radical (unpaired) electrons. The van der Waals surface area contributed by atoms with E-state index in [-0.39, 0.29) is 11.5 Å². The van der Waals surface area contributed by atoms with Gasteiger partial charge in [0.2, 0.25) is 0 Å². The van der Waals surface area contributed by atoms with E-state index in [0.717, 1.165) is 29.8 Å². The van der Waals surface area contributed by atoms with E-state index >= 15 is 0 Å². The third-order valence-electron chi connectivity index (χ3n) is 4.03. The quantitative estimate of drug-likeness (QED) is 0.656. The first-order valence-corrected chi connectivity index (χ1v) is 9.55. The maximum absolute atomic E-state index is 11.8. The van der Waals surface area contributed by atoms with Gasteiger partial charge in [0.25, 0.3) is 0 Å². The van der Waals surface area contributed by atoms with Crippen LogP contribution in [0.1, 0.15) is 38.4 Å². The Hall–Kier alpha value is -1.83. The molecule has 1 fully saturated rings. The molecule has 1 aromatic heterocycles. The Bertz CT molecular complexity index is 600. The summed E-state index contributed by atoms with van der Waals surface area (Å²) in [7, 11) is 1.78. The molecular formula is C17H29N5O2S. The number of ether oxygens (including phenoxy) is 1. The molecule has 0 bridgehead atoms. The van der Waals surface area contributed by atoms with Crippen LogP contribution in [0.2, 0.25) is 0 Å². The third kappa shape index (κ3) is 5.32. The molecule has 1 amide bonds. The van der Waals surface area contributed by atoms with Crippen LogP contribution in [-0.4, -0.2) is 66.7 Å². The van der Waals surface area contributed by atoms with Crippen molar-refractivity contribution in [3.05, 3.63) is 16.1 Å². The minimum Gasteiger partial charge on any atom is -0.450 e. The van der Waals surface area contributed by atoms with E-state index in [4.69, 9.17) is 9.72 Å². The molecule has 1 aromatic rings. The Morgan fingerprint density at radius 2 is 1.96 bits per heavy atom. The van der Waals surface area contributed by atoms with Gasteiger partial charge in [-0.05, 0) is 6.92 Å². The highest BCUT2D eigenvalue weighted by Crippen LogP contribution is 2.23. The van der Waals surface area contributed by atoms with Crippen molar-refractivity contribution in [3.8, 4) is 0 Å². The predicted molar refractivity (Wildman–Crippen MR) is 101 cm³/mol. The number of rotatable bonds is 3. The standard InChI is InChI=1S/C17H29N5O2S/c1-6-24-16(23)22-9-7-21(8-10-22)15(18-5)19-11-14-20-13(12-25-14)17(2,3)4/h12H,6-11H2,1-5H3,(H,18,19). The lowest BCUT2D eigenvalue weighted by Crippen LogP contribution is -2.53. The van der Waals surface area contributed by atoms with Gasteiger partial charge in [0, 0.05) is 44.0 Å². The number of guanidine groups is 1. The topological polar surface area (TPSA) is 70.1 Å². The molecule has 0 unspecified atom stereocenters. The van der Waals surface area contributed by atoms with Crippen molar-refractivity contribution < 1.29 is 9.53 Å². The number of thiazole rings is 1. The number of aliphatic imine (C=N–C) groups is 1. The van der Waals surface area contributed by atoms with Crippen LogP contribution in [0.25, 0.3) is 0 Å². The van der Waals surface area contributed by atoms with E-state index in [1.54, 1.807) is 23.3 Å². The number of amides is 1. The van der Waals surface area contributed by atoms with Gasteiger partial charge in [0.1, 0.15) is 5.01 Å². The molecule has 0 aliphatic carbocycles. The molecule has 1 saturated heterocycles. The number of hydrogen-bond donors (Lipinski definition) is 1. The van der Waals surface area contributed by atoms with Crippen LogP contribution < -0.4 is 5.32 Å². The summed E-state index contributed by atoms with van der Waals surface area (Å²) in [5.41, 5.74) is 1.19. The van der Waals surface area contributed by atoms with Crippen molar-refractivity contribution in [2.45, 2.75) is 39.7 Å². The van der Waals surface area contributed by atoms with Crippen molar-refractivity contribution in [3.63, 3.8) is 0 Å². The average molecular weight is 368 g/mol. The lowest BCUT2D eigenvalue weighted by atomic mass is 9.93. The van der Waals surface area contributed by atoms with Crippen LogP contribution in [0.15, 0.2) is 10.4 Å². The second-order valence-corrected chi connectivity index (χ2v) is 7.89. The Kier molecular flexibility index (Phi) is 6.64. The highest BCUT2D eigenvalue weighted by molar-refractivity contribution is 7.09. The Morgan fingerprint density at radius 3 is 2.48 bits per heavy atom. The Balaban J connectivity index is 1.85. The largest absolute Gasteiger partial charge is 0.450 e. The van der Waals surface area contributed by atoms with Crippen LogP contribution in [-0.2, 0) is 16.7 Å². The van der Waals surface area contributed by atoms with E-state index in [0.29, 0.717) is 26.2 Å². The van der Waals surface area contributed by atoms with Crippen LogP contribution in [0, 0.1) is 0 Å². The summed E-state index contributed by atoms with van der Waals surface area (Å²) >= 11 is 1.67. The summed E-state index contributed by atoms with van der Waals surface area (Å²) in [6.45, 7) is 12.2. The number of nitrogens with zero attached hydrogens (tertiary/aromatic N) is 4. The third-order valence-corrected chi connectivity index (χ3v) is 4.88. The minimum absolute atomic E-state index is 0.0693. The molecule has 8 heteroatoms. The molecule has 140 valence electrons. The molecule has 2 heterocycles. The van der Waals surface area contributed by atoms with Gasteiger partial charge in [-0.2, -0.15) is 0 Å². The van der Waals surface area contributed by atoms with E-state index < -0.39 is 0 Å². The Labute approximate surface area is 154 Å². The minimum atomic E-state index is -0.234. The summed E-state index contributed by atoms with van der Waals surface area (Å²) in [4.78, 5) is 24.7. The summed E-state index contributed by atoms with van der Waals surface area (Å²) in [6.07, 6.45) is -0.234. The zero-order valence-electron chi connectivity index (χ0n) is 15.8. The van der Waals surface area contributed by atoms with Crippen LogP contribution in [0.3, 0.4) is 0 Å². The van der Waals surface area contributed by atoms with Crippen LogP contribution >= 0.6 is 11.3 Å². The zero-order valence-corrected chi connectivity index (χ0v) is 16.7. The van der Waals surface area contributed by atoms with Crippen molar-refractivity contribution in [1.82, 2.24) is 20.1 Å². The second-order valence-electron chi connectivity index (χ2n) is 6.95. The van der Waals surface area contributed by atoms with E-state index in [2.05, 4.69) is 41.4 Å². The zero-order chi connectivity index (χ0) is 18.4. The molecule has 1 aliphatic rings. The summed E-state index contributed by atoms with van der Waals surface area (Å²) in [5.74, 6) is 0.844. The summed E-state index contributed by atoms with van der Waals surface area (Å²) in [6, 6.07) is 0. The molecule has 25 heavy (non-hydrogen) atoms. The summed E-state index contributed by atoms with van der Waals surface area (Å²) < 4.78 is 5.05. The fourth-order valence-corrected chi connectivity index (χ4v) is 3.50. The highest BCUT2D eigenvalue weighted by atomic mass is 32.1. The van der Waals surface area contributed by atoms with E-state index in [9.17, 15) is 4.79 Å². The number of carbonyl (C=O) groups excluding carboxylic acids is 1. The molecule has 0 spiro atoms. The van der Waals surface area contributed by atoms with Gasteiger partial charge in [-0.15, -0.1) is 11.3 Å². The smallest absolute Gasteiger partial charge is 0.409 e. The first-order valence-electron chi connectivity index (χ1n) is 8.67. The maximum Gasteiger partial charge on any atom is 0.409 e. The van der Waals surface area contributed by atoms with Gasteiger partial charge in [-0.3, -0.25) is 4.99 Å². The lowest BCUT2D eigenvalue weighted by molar-refractivity contribution is 0.0914. The Morgan fingerprint density at radius 1 is 1.32 bits per heavy atom. The van der Waals surface area contributed by atoms with Crippen molar-refractivity contribution >= 4 is 23.4 Å².